The Bertz CT molecular complexity index is 637. The number of rotatable bonds is 4. The molecule has 120 valence electrons. The molecule has 0 bridgehead atoms. The van der Waals surface area contributed by atoms with E-state index < -0.39 is 0 Å². The summed E-state index contributed by atoms with van der Waals surface area (Å²) < 4.78 is 0. The number of carbonyl (C=O) groups excluding carboxylic acids is 1. The predicted octanol–water partition coefficient (Wildman–Crippen LogP) is 4.79. The topological polar surface area (TPSA) is 20.3 Å². The largest absolute Gasteiger partial charge is 0.299 e. The van der Waals surface area contributed by atoms with Crippen LogP contribution < -0.4 is 0 Å². The summed E-state index contributed by atoms with van der Waals surface area (Å²) in [5.74, 6) is 0.514. The van der Waals surface area contributed by atoms with Crippen molar-refractivity contribution >= 4 is 5.78 Å². The van der Waals surface area contributed by atoms with Gasteiger partial charge in [0, 0.05) is 24.4 Å². The van der Waals surface area contributed by atoms with Crippen LogP contribution in [0.15, 0.2) is 60.7 Å². The summed E-state index contributed by atoms with van der Waals surface area (Å²) in [5.41, 5.74) is 2.49. The van der Waals surface area contributed by atoms with Crippen LogP contribution in [-0.4, -0.2) is 17.7 Å². The van der Waals surface area contributed by atoms with Gasteiger partial charge in [-0.15, -0.1) is 0 Å². The van der Waals surface area contributed by atoms with Crippen LogP contribution in [0.2, 0.25) is 0 Å². The zero-order valence-corrected chi connectivity index (χ0v) is 14.0. The lowest BCUT2D eigenvalue weighted by Crippen LogP contribution is -2.43. The van der Waals surface area contributed by atoms with Crippen LogP contribution in [0.3, 0.4) is 0 Å². The lowest BCUT2D eigenvalue weighted by molar-refractivity contribution is -0.132. The minimum Gasteiger partial charge on any atom is -0.299 e. The zero-order valence-electron chi connectivity index (χ0n) is 14.0. The molecular formula is C21H25NO. The van der Waals surface area contributed by atoms with Gasteiger partial charge < -0.3 is 0 Å². The maximum absolute atomic E-state index is 12.9. The normalized spacial score (nSPS) is 25.5. The molecule has 0 unspecified atom stereocenters. The van der Waals surface area contributed by atoms with Crippen LogP contribution >= 0.6 is 0 Å². The molecule has 0 aliphatic carbocycles. The summed E-state index contributed by atoms with van der Waals surface area (Å²) in [6.45, 7) is 2.17. The second kappa shape index (κ2) is 7.10. The zero-order chi connectivity index (χ0) is 16.2. The number of nitrogens with zero attached hydrogens (tertiary/aromatic N) is 1. The van der Waals surface area contributed by atoms with Gasteiger partial charge in [0.1, 0.15) is 5.78 Å². The van der Waals surface area contributed by atoms with E-state index >= 15 is 0 Å². The average Bonchev–Trinajstić information content (AvgIpc) is 2.60. The number of Topliss-reactive ketones (excluding diaryl/α,β-unsaturated/α-hetero) is 1. The van der Waals surface area contributed by atoms with Gasteiger partial charge >= 0.3 is 0 Å². The standard InChI is InChI=1S/C21H25NO/c1-3-10-18-20(23)15-19(16-11-6-4-7-12-16)22(2)21(18)17-13-8-5-9-14-17/h4-9,11-14,18-19,21H,3,10,15H2,1-2H3/t18-,19+,21+/m0/s1. The molecule has 0 saturated carbocycles. The van der Waals surface area contributed by atoms with Crippen molar-refractivity contribution in [2.24, 2.45) is 5.92 Å². The highest BCUT2D eigenvalue weighted by molar-refractivity contribution is 5.83. The second-order valence-electron chi connectivity index (χ2n) is 6.51. The summed E-state index contributed by atoms with van der Waals surface area (Å²) in [7, 11) is 2.17. The van der Waals surface area contributed by atoms with E-state index in [-0.39, 0.29) is 18.0 Å². The molecule has 3 atom stereocenters. The van der Waals surface area contributed by atoms with Crippen LogP contribution in [-0.2, 0) is 4.79 Å². The first kappa shape index (κ1) is 15.9. The SMILES string of the molecule is CCC[C@H]1C(=O)C[C@H](c2ccccc2)N(C)[C@@H]1c1ccccc1. The van der Waals surface area contributed by atoms with Gasteiger partial charge in [0.05, 0.1) is 0 Å². The Morgan fingerprint density at radius 2 is 1.52 bits per heavy atom. The minimum atomic E-state index is 0.104. The Labute approximate surface area is 139 Å². The van der Waals surface area contributed by atoms with Crippen molar-refractivity contribution in [2.75, 3.05) is 7.05 Å². The van der Waals surface area contributed by atoms with Crippen molar-refractivity contribution in [3.8, 4) is 0 Å². The molecule has 23 heavy (non-hydrogen) atoms. The van der Waals surface area contributed by atoms with E-state index in [9.17, 15) is 4.79 Å². The fourth-order valence-corrected chi connectivity index (χ4v) is 3.92. The first-order chi connectivity index (χ1) is 11.2. The first-order valence-corrected chi connectivity index (χ1v) is 8.57. The molecule has 1 saturated heterocycles. The van der Waals surface area contributed by atoms with Crippen molar-refractivity contribution in [2.45, 2.75) is 38.3 Å². The number of likely N-dealkylation sites (tertiary alicyclic amines) is 1. The Morgan fingerprint density at radius 1 is 0.957 bits per heavy atom. The maximum Gasteiger partial charge on any atom is 0.139 e. The monoisotopic (exact) mass is 307 g/mol. The van der Waals surface area contributed by atoms with Crippen molar-refractivity contribution in [3.05, 3.63) is 71.8 Å². The van der Waals surface area contributed by atoms with Crippen LogP contribution in [0.4, 0.5) is 0 Å². The van der Waals surface area contributed by atoms with Crippen LogP contribution in [0, 0.1) is 5.92 Å². The molecule has 1 aliphatic heterocycles. The van der Waals surface area contributed by atoms with Gasteiger partial charge in [-0.2, -0.15) is 0 Å². The van der Waals surface area contributed by atoms with Gasteiger partial charge in [0.25, 0.3) is 0 Å². The van der Waals surface area contributed by atoms with E-state index in [1.54, 1.807) is 0 Å². The van der Waals surface area contributed by atoms with E-state index in [1.807, 2.05) is 12.1 Å². The van der Waals surface area contributed by atoms with E-state index in [0.717, 1.165) is 12.8 Å². The lowest BCUT2D eigenvalue weighted by Gasteiger charge is -2.44. The van der Waals surface area contributed by atoms with Crippen LogP contribution in [0.1, 0.15) is 49.4 Å². The van der Waals surface area contributed by atoms with Crippen LogP contribution in [0.5, 0.6) is 0 Å². The van der Waals surface area contributed by atoms with E-state index in [0.29, 0.717) is 12.2 Å². The third-order valence-corrected chi connectivity index (χ3v) is 5.04. The van der Waals surface area contributed by atoms with Crippen LogP contribution in [0.25, 0.3) is 0 Å². The van der Waals surface area contributed by atoms with Gasteiger partial charge in [0.2, 0.25) is 0 Å². The Balaban J connectivity index is 1.98. The van der Waals surface area contributed by atoms with Crippen molar-refractivity contribution in [1.29, 1.82) is 0 Å². The summed E-state index contributed by atoms with van der Waals surface area (Å²) in [6, 6.07) is 21.3. The fourth-order valence-electron chi connectivity index (χ4n) is 3.92. The molecule has 0 spiro atoms. The minimum absolute atomic E-state index is 0.104. The van der Waals surface area contributed by atoms with Gasteiger partial charge in [-0.05, 0) is 24.6 Å². The van der Waals surface area contributed by atoms with Gasteiger partial charge in [-0.1, -0.05) is 74.0 Å². The highest BCUT2D eigenvalue weighted by Crippen LogP contribution is 2.43. The summed E-state index contributed by atoms with van der Waals surface area (Å²) in [5, 5.41) is 0. The molecule has 0 N–H and O–H groups in total. The number of hydrogen-bond acceptors (Lipinski definition) is 2. The van der Waals surface area contributed by atoms with E-state index in [2.05, 4.69) is 67.4 Å². The number of piperidine rings is 1. The quantitative estimate of drug-likeness (QED) is 0.809. The van der Waals surface area contributed by atoms with Gasteiger partial charge in [0.15, 0.2) is 0 Å². The van der Waals surface area contributed by atoms with Gasteiger partial charge in [-0.3, -0.25) is 9.69 Å². The third kappa shape index (κ3) is 3.23. The first-order valence-electron chi connectivity index (χ1n) is 8.57. The summed E-state index contributed by atoms with van der Waals surface area (Å²) in [4.78, 5) is 15.3. The number of hydrogen-bond donors (Lipinski definition) is 0. The molecule has 1 fully saturated rings. The molecule has 0 amide bonds. The van der Waals surface area contributed by atoms with E-state index in [1.165, 1.54) is 11.1 Å². The molecule has 3 rings (SSSR count). The summed E-state index contributed by atoms with van der Waals surface area (Å²) >= 11 is 0. The Kier molecular flexibility index (Phi) is 4.92. The highest BCUT2D eigenvalue weighted by Gasteiger charge is 2.41. The Hall–Kier alpha value is -1.93. The third-order valence-electron chi connectivity index (χ3n) is 5.04. The van der Waals surface area contributed by atoms with Gasteiger partial charge in [-0.25, -0.2) is 0 Å². The molecular weight excluding hydrogens is 282 g/mol. The smallest absolute Gasteiger partial charge is 0.139 e. The molecule has 0 aromatic heterocycles. The maximum atomic E-state index is 12.9. The molecule has 1 aliphatic rings. The number of carbonyl (C=O) groups is 1. The predicted molar refractivity (Wildman–Crippen MR) is 94.2 cm³/mol. The highest BCUT2D eigenvalue weighted by atomic mass is 16.1. The number of ketones is 1. The Morgan fingerprint density at radius 3 is 2.09 bits per heavy atom. The number of benzene rings is 2. The fraction of sp³-hybridized carbons (Fsp3) is 0.381. The molecule has 2 aromatic rings. The molecule has 2 heteroatoms. The average molecular weight is 307 g/mol. The van der Waals surface area contributed by atoms with E-state index in [4.69, 9.17) is 0 Å². The molecule has 2 nitrogen and oxygen atoms in total. The lowest BCUT2D eigenvalue weighted by atomic mass is 9.77. The molecule has 0 radical (unpaired) electrons. The van der Waals surface area contributed by atoms with Crippen molar-refractivity contribution in [3.63, 3.8) is 0 Å². The second-order valence-corrected chi connectivity index (χ2v) is 6.51. The molecule has 1 heterocycles. The van der Waals surface area contributed by atoms with Crippen molar-refractivity contribution in [1.82, 2.24) is 4.90 Å². The summed E-state index contributed by atoms with van der Waals surface area (Å²) in [6.07, 6.45) is 2.63. The van der Waals surface area contributed by atoms with Crippen molar-refractivity contribution < 1.29 is 4.79 Å². The molecule has 2 aromatic carbocycles.